The van der Waals surface area contributed by atoms with Gasteiger partial charge >= 0.3 is 0 Å². The second-order valence-corrected chi connectivity index (χ2v) is 5.16. The van der Waals surface area contributed by atoms with Crippen LogP contribution in [-0.2, 0) is 0 Å². The summed E-state index contributed by atoms with van der Waals surface area (Å²) in [5, 5.41) is 8.72. The highest BCUT2D eigenvalue weighted by molar-refractivity contribution is 14.2. The molecule has 0 amide bonds. The molecule has 0 radical (unpaired) electrons. The van der Waals surface area contributed by atoms with Crippen LogP contribution < -0.4 is 0 Å². The van der Waals surface area contributed by atoms with Crippen molar-refractivity contribution in [2.75, 3.05) is 0 Å². The van der Waals surface area contributed by atoms with Gasteiger partial charge in [0.25, 0.3) is 0 Å². The standard InChI is InChI=1S/C11H7IN2/c13-8-9-4-3-6-11(14-9)10-5-1-2-7-12-10/h1-7H. The number of hydrogen-bond acceptors (Lipinski definition) is 2. The van der Waals surface area contributed by atoms with Crippen molar-refractivity contribution in [1.29, 1.82) is 5.26 Å². The molecule has 0 spiro atoms. The van der Waals surface area contributed by atoms with E-state index in [2.05, 4.69) is 27.2 Å². The third-order valence-corrected chi connectivity index (χ3v) is 4.07. The predicted molar refractivity (Wildman–Crippen MR) is 66.2 cm³/mol. The zero-order valence-electron chi connectivity index (χ0n) is 7.31. The van der Waals surface area contributed by atoms with Crippen molar-refractivity contribution >= 4 is 28.3 Å². The third-order valence-electron chi connectivity index (χ3n) is 1.72. The van der Waals surface area contributed by atoms with Gasteiger partial charge in [-0.1, -0.05) is 38.9 Å². The van der Waals surface area contributed by atoms with Gasteiger partial charge in [-0.2, -0.15) is 5.26 Å². The predicted octanol–water partition coefficient (Wildman–Crippen LogP) is 2.64. The molecule has 0 saturated heterocycles. The Morgan fingerprint density at radius 1 is 1.29 bits per heavy atom. The van der Waals surface area contributed by atoms with Crippen LogP contribution in [0, 0.1) is 11.3 Å². The Kier molecular flexibility index (Phi) is 2.84. The van der Waals surface area contributed by atoms with Crippen LogP contribution in [0.4, 0.5) is 0 Å². The summed E-state index contributed by atoms with van der Waals surface area (Å²) in [6.45, 7) is 0. The Morgan fingerprint density at radius 3 is 2.93 bits per heavy atom. The molecule has 0 saturated carbocycles. The van der Waals surface area contributed by atoms with Crippen LogP contribution in [0.15, 0.2) is 36.4 Å². The maximum absolute atomic E-state index is 8.72. The molecule has 0 aliphatic carbocycles. The van der Waals surface area contributed by atoms with E-state index < -0.39 is 0 Å². The molecule has 0 aromatic carbocycles. The summed E-state index contributed by atoms with van der Waals surface area (Å²) in [5.74, 6) is 0. The summed E-state index contributed by atoms with van der Waals surface area (Å²) in [7, 11) is 0. The summed E-state index contributed by atoms with van der Waals surface area (Å²) >= 11 is -0.0705. The molecule has 1 aromatic heterocycles. The highest BCUT2D eigenvalue weighted by atomic mass is 127. The fourth-order valence-corrected chi connectivity index (χ4v) is 2.96. The molecule has 1 aromatic rings. The average molecular weight is 294 g/mol. The smallest absolute Gasteiger partial charge is 0.141 e. The lowest BCUT2D eigenvalue weighted by Gasteiger charge is -2.01. The van der Waals surface area contributed by atoms with E-state index in [0.717, 1.165) is 5.69 Å². The van der Waals surface area contributed by atoms with Crippen LogP contribution in [0.2, 0.25) is 0 Å². The summed E-state index contributed by atoms with van der Waals surface area (Å²) in [4.78, 5) is 4.26. The van der Waals surface area contributed by atoms with E-state index in [0.29, 0.717) is 5.69 Å². The molecule has 3 heteroatoms. The highest BCUT2D eigenvalue weighted by Gasteiger charge is 2.01. The Bertz CT molecular complexity index is 478. The third kappa shape index (κ3) is 1.96. The van der Waals surface area contributed by atoms with Crippen molar-refractivity contribution in [3.63, 3.8) is 0 Å². The van der Waals surface area contributed by atoms with Crippen LogP contribution in [-0.4, -0.2) is 9.00 Å². The summed E-state index contributed by atoms with van der Waals surface area (Å²) in [6, 6.07) is 7.62. The van der Waals surface area contributed by atoms with E-state index in [-0.39, 0.29) is 20.7 Å². The average Bonchev–Trinajstić information content (AvgIpc) is 2.30. The van der Waals surface area contributed by atoms with Gasteiger partial charge in [-0.05, 0) is 22.2 Å². The molecule has 2 rings (SSSR count). The normalized spacial score (nSPS) is 14.1. The van der Waals surface area contributed by atoms with Gasteiger partial charge in [0.15, 0.2) is 0 Å². The van der Waals surface area contributed by atoms with Gasteiger partial charge < -0.3 is 0 Å². The lowest BCUT2D eigenvalue weighted by Crippen LogP contribution is -1.88. The first-order chi connectivity index (χ1) is 6.90. The minimum absolute atomic E-state index is 0.0705. The summed E-state index contributed by atoms with van der Waals surface area (Å²) in [5.41, 5.74) is 1.43. The Labute approximate surface area is 92.3 Å². The summed E-state index contributed by atoms with van der Waals surface area (Å²) < 4.78 is 3.46. The molecule has 0 N–H and O–H groups in total. The molecule has 0 fully saturated rings. The number of hydrogen-bond donors (Lipinski definition) is 0. The Balaban J connectivity index is 2.43. The molecular weight excluding hydrogens is 287 g/mol. The van der Waals surface area contributed by atoms with Gasteiger partial charge in [0.05, 0.1) is 5.69 Å². The van der Waals surface area contributed by atoms with E-state index in [1.807, 2.05) is 18.2 Å². The zero-order chi connectivity index (χ0) is 9.80. The molecule has 0 bridgehead atoms. The van der Waals surface area contributed by atoms with E-state index >= 15 is 0 Å². The van der Waals surface area contributed by atoms with Gasteiger partial charge in [-0.15, -0.1) is 0 Å². The minimum atomic E-state index is -0.0705. The molecule has 2 nitrogen and oxygen atoms in total. The number of pyridine rings is 1. The quantitative estimate of drug-likeness (QED) is 0.747. The van der Waals surface area contributed by atoms with Crippen molar-refractivity contribution in [3.8, 4) is 6.07 Å². The Hall–Kier alpha value is -1.28. The molecular formula is C11H7IN2. The molecule has 0 atom stereocenters. The van der Waals surface area contributed by atoms with Crippen LogP contribution >= 0.6 is 20.7 Å². The first kappa shape index (κ1) is 9.28. The molecule has 2 heterocycles. The van der Waals surface area contributed by atoms with Crippen molar-refractivity contribution in [3.05, 3.63) is 47.8 Å². The number of nitriles is 1. The highest BCUT2D eigenvalue weighted by Crippen LogP contribution is 2.27. The maximum atomic E-state index is 8.72. The monoisotopic (exact) mass is 294 g/mol. The van der Waals surface area contributed by atoms with Crippen molar-refractivity contribution in [1.82, 2.24) is 4.98 Å². The fraction of sp³-hybridized carbons (Fsp3) is 0. The van der Waals surface area contributed by atoms with E-state index in [1.54, 1.807) is 6.07 Å². The number of halogens is 1. The van der Waals surface area contributed by atoms with Gasteiger partial charge in [-0.25, -0.2) is 4.98 Å². The van der Waals surface area contributed by atoms with Crippen LogP contribution in [0.5, 0.6) is 0 Å². The van der Waals surface area contributed by atoms with E-state index in [9.17, 15) is 0 Å². The second-order valence-electron chi connectivity index (χ2n) is 2.65. The first-order valence-electron chi connectivity index (χ1n) is 4.11. The van der Waals surface area contributed by atoms with Crippen LogP contribution in [0.3, 0.4) is 0 Å². The summed E-state index contributed by atoms with van der Waals surface area (Å²) in [6.07, 6.45) is 6.15. The molecule has 68 valence electrons. The van der Waals surface area contributed by atoms with Crippen molar-refractivity contribution in [2.45, 2.75) is 0 Å². The van der Waals surface area contributed by atoms with Gasteiger partial charge in [0, 0.05) is 3.58 Å². The molecule has 14 heavy (non-hydrogen) atoms. The largest absolute Gasteiger partial charge is 0.237 e. The number of aromatic nitrogens is 1. The maximum Gasteiger partial charge on any atom is 0.141 e. The SMILES string of the molecule is N#Cc1cccc(C2=CC=CC=I2)n1. The number of nitrogens with zero attached hydrogens (tertiary/aromatic N) is 2. The minimum Gasteiger partial charge on any atom is -0.237 e. The number of rotatable bonds is 1. The lowest BCUT2D eigenvalue weighted by atomic mass is 10.3. The molecule has 0 unspecified atom stereocenters. The Morgan fingerprint density at radius 2 is 2.21 bits per heavy atom. The molecule has 1 aliphatic rings. The lowest BCUT2D eigenvalue weighted by molar-refractivity contribution is 1.24. The van der Waals surface area contributed by atoms with Gasteiger partial charge in [0.1, 0.15) is 11.8 Å². The topological polar surface area (TPSA) is 36.7 Å². The van der Waals surface area contributed by atoms with Crippen molar-refractivity contribution < 1.29 is 0 Å². The van der Waals surface area contributed by atoms with Gasteiger partial charge in [0.2, 0.25) is 0 Å². The van der Waals surface area contributed by atoms with Crippen molar-refractivity contribution in [2.24, 2.45) is 0 Å². The second kappa shape index (κ2) is 4.29. The van der Waals surface area contributed by atoms with Gasteiger partial charge in [-0.3, -0.25) is 0 Å². The first-order valence-corrected chi connectivity index (χ1v) is 6.44. The fourth-order valence-electron chi connectivity index (χ4n) is 1.09. The van der Waals surface area contributed by atoms with Crippen LogP contribution in [0.25, 0.3) is 3.58 Å². The van der Waals surface area contributed by atoms with Crippen LogP contribution in [0.1, 0.15) is 11.4 Å². The van der Waals surface area contributed by atoms with E-state index in [1.165, 1.54) is 3.58 Å². The zero-order valence-corrected chi connectivity index (χ0v) is 9.47. The molecule has 1 aliphatic heterocycles. The van der Waals surface area contributed by atoms with E-state index in [4.69, 9.17) is 5.26 Å². The number of allylic oxidation sites excluding steroid dienone is 3.